The van der Waals surface area contributed by atoms with Crippen molar-refractivity contribution >= 4 is 0 Å². The molecule has 0 heterocycles. The predicted molar refractivity (Wildman–Crippen MR) is 70.2 cm³/mol. The minimum atomic E-state index is 0.271. The van der Waals surface area contributed by atoms with Gasteiger partial charge in [-0.1, -0.05) is 27.7 Å². The zero-order valence-corrected chi connectivity index (χ0v) is 11.9. The van der Waals surface area contributed by atoms with Gasteiger partial charge in [-0.25, -0.2) is 0 Å². The summed E-state index contributed by atoms with van der Waals surface area (Å²) in [6.07, 6.45) is 3.98. The Hall–Kier alpha value is -0.0400. The van der Waals surface area contributed by atoms with Crippen molar-refractivity contribution in [2.24, 2.45) is 11.3 Å². The van der Waals surface area contributed by atoms with Gasteiger partial charge in [0.15, 0.2) is 0 Å². The van der Waals surface area contributed by atoms with E-state index in [-0.39, 0.29) is 5.54 Å². The maximum absolute atomic E-state index is 3.54. The summed E-state index contributed by atoms with van der Waals surface area (Å²) < 4.78 is 0. The smallest absolute Gasteiger partial charge is 0.00965 e. The second-order valence-corrected chi connectivity index (χ2v) is 7.19. The molecule has 92 valence electrons. The summed E-state index contributed by atoms with van der Waals surface area (Å²) in [6.45, 7) is 17.2. The van der Waals surface area contributed by atoms with Crippen molar-refractivity contribution in [3.63, 3.8) is 0 Å². The molecule has 0 spiro atoms. The fraction of sp³-hybridized carbons (Fsp3) is 1.00. The van der Waals surface area contributed by atoms with Crippen LogP contribution in [0.1, 0.15) is 67.7 Å². The van der Waals surface area contributed by atoms with E-state index in [2.05, 4.69) is 53.8 Å². The van der Waals surface area contributed by atoms with E-state index in [1.807, 2.05) is 0 Å². The Morgan fingerprint density at radius 1 is 1.00 bits per heavy atom. The van der Waals surface area contributed by atoms with E-state index in [1.165, 1.54) is 19.3 Å². The van der Waals surface area contributed by atoms with Gasteiger partial charge in [0.1, 0.15) is 0 Å². The third-order valence-corrected chi connectivity index (χ3v) is 2.49. The summed E-state index contributed by atoms with van der Waals surface area (Å²) >= 11 is 0. The lowest BCUT2D eigenvalue weighted by Crippen LogP contribution is -2.36. The molecule has 0 saturated carbocycles. The first kappa shape index (κ1) is 15.0. The fourth-order valence-electron chi connectivity index (χ4n) is 2.06. The van der Waals surface area contributed by atoms with Gasteiger partial charge in [0.25, 0.3) is 0 Å². The van der Waals surface area contributed by atoms with Crippen LogP contribution in [0.3, 0.4) is 0 Å². The molecule has 0 aliphatic carbocycles. The third-order valence-electron chi connectivity index (χ3n) is 2.49. The van der Waals surface area contributed by atoms with E-state index in [1.54, 1.807) is 0 Å². The highest BCUT2D eigenvalue weighted by Crippen LogP contribution is 2.26. The Morgan fingerprint density at radius 3 is 1.93 bits per heavy atom. The third kappa shape index (κ3) is 11.9. The van der Waals surface area contributed by atoms with Crippen molar-refractivity contribution in [1.29, 1.82) is 0 Å². The van der Waals surface area contributed by atoms with Crippen molar-refractivity contribution in [1.82, 2.24) is 5.32 Å². The molecular weight excluding hydrogens is 182 g/mol. The molecule has 0 aromatic carbocycles. The van der Waals surface area contributed by atoms with Gasteiger partial charge in [-0.3, -0.25) is 0 Å². The Morgan fingerprint density at radius 2 is 1.53 bits per heavy atom. The molecule has 1 heteroatoms. The highest BCUT2D eigenvalue weighted by Gasteiger charge is 2.15. The Labute approximate surface area is 97.0 Å². The second kappa shape index (κ2) is 5.89. The molecule has 0 radical (unpaired) electrons. The van der Waals surface area contributed by atoms with Gasteiger partial charge < -0.3 is 5.32 Å². The normalized spacial score (nSPS) is 15.4. The van der Waals surface area contributed by atoms with E-state index in [0.29, 0.717) is 5.41 Å². The van der Waals surface area contributed by atoms with Crippen LogP contribution < -0.4 is 5.32 Å². The molecule has 0 aliphatic rings. The van der Waals surface area contributed by atoms with E-state index in [4.69, 9.17) is 0 Å². The topological polar surface area (TPSA) is 12.0 Å². The molecule has 0 saturated heterocycles. The van der Waals surface area contributed by atoms with Crippen LogP contribution in [0.15, 0.2) is 0 Å². The van der Waals surface area contributed by atoms with E-state index >= 15 is 0 Å². The van der Waals surface area contributed by atoms with E-state index in [9.17, 15) is 0 Å². The van der Waals surface area contributed by atoms with Crippen LogP contribution >= 0.6 is 0 Å². The molecule has 1 nitrogen and oxygen atoms in total. The monoisotopic (exact) mass is 213 g/mol. The number of hydrogen-bond donors (Lipinski definition) is 1. The van der Waals surface area contributed by atoms with Gasteiger partial charge in [0.2, 0.25) is 0 Å². The largest absolute Gasteiger partial charge is 0.312 e. The Bertz CT molecular complexity index is 159. The van der Waals surface area contributed by atoms with Crippen molar-refractivity contribution < 1.29 is 0 Å². The number of rotatable bonds is 5. The summed E-state index contributed by atoms with van der Waals surface area (Å²) in [7, 11) is 0. The molecule has 0 amide bonds. The van der Waals surface area contributed by atoms with Gasteiger partial charge in [0.05, 0.1) is 0 Å². The van der Waals surface area contributed by atoms with Crippen LogP contribution in [-0.4, -0.2) is 12.1 Å². The highest BCUT2D eigenvalue weighted by molar-refractivity contribution is 4.71. The van der Waals surface area contributed by atoms with Crippen molar-refractivity contribution in [3.8, 4) is 0 Å². The zero-order valence-electron chi connectivity index (χ0n) is 11.9. The SMILES string of the molecule is CC(CCCNC(C)(C)C)CC(C)(C)C. The lowest BCUT2D eigenvalue weighted by atomic mass is 9.84. The minimum absolute atomic E-state index is 0.271. The summed E-state index contributed by atoms with van der Waals surface area (Å²) in [6, 6.07) is 0. The van der Waals surface area contributed by atoms with Gasteiger partial charge in [-0.05, 0) is 57.9 Å². The molecule has 0 bridgehead atoms. The van der Waals surface area contributed by atoms with Crippen molar-refractivity contribution in [2.75, 3.05) is 6.54 Å². The summed E-state index contributed by atoms with van der Waals surface area (Å²) in [4.78, 5) is 0. The van der Waals surface area contributed by atoms with Gasteiger partial charge >= 0.3 is 0 Å². The van der Waals surface area contributed by atoms with E-state index < -0.39 is 0 Å². The maximum Gasteiger partial charge on any atom is 0.00965 e. The molecule has 0 fully saturated rings. The molecule has 1 N–H and O–H groups in total. The average molecular weight is 213 g/mol. The van der Waals surface area contributed by atoms with Crippen LogP contribution in [0, 0.1) is 11.3 Å². The Kier molecular flexibility index (Phi) is 5.87. The van der Waals surface area contributed by atoms with Crippen LogP contribution in [0.25, 0.3) is 0 Å². The first-order chi connectivity index (χ1) is 6.60. The quantitative estimate of drug-likeness (QED) is 0.674. The van der Waals surface area contributed by atoms with Gasteiger partial charge in [-0.2, -0.15) is 0 Å². The van der Waals surface area contributed by atoms with Gasteiger partial charge in [-0.15, -0.1) is 0 Å². The van der Waals surface area contributed by atoms with Crippen molar-refractivity contribution in [2.45, 2.75) is 73.3 Å². The molecular formula is C14H31N. The van der Waals surface area contributed by atoms with Gasteiger partial charge in [0, 0.05) is 5.54 Å². The lowest BCUT2D eigenvalue weighted by Gasteiger charge is -2.24. The molecule has 0 rings (SSSR count). The Balaban J connectivity index is 3.52. The minimum Gasteiger partial charge on any atom is -0.312 e. The molecule has 1 unspecified atom stereocenters. The number of nitrogens with one attached hydrogen (secondary N) is 1. The first-order valence-corrected chi connectivity index (χ1v) is 6.35. The van der Waals surface area contributed by atoms with Crippen LogP contribution in [0.2, 0.25) is 0 Å². The molecule has 0 aliphatic heterocycles. The fourth-order valence-corrected chi connectivity index (χ4v) is 2.06. The van der Waals surface area contributed by atoms with Crippen LogP contribution in [-0.2, 0) is 0 Å². The van der Waals surface area contributed by atoms with Crippen molar-refractivity contribution in [3.05, 3.63) is 0 Å². The average Bonchev–Trinajstić information content (AvgIpc) is 1.92. The zero-order chi connectivity index (χ0) is 12.1. The van der Waals surface area contributed by atoms with E-state index in [0.717, 1.165) is 12.5 Å². The highest BCUT2D eigenvalue weighted by atomic mass is 14.9. The predicted octanol–water partition coefficient (Wildman–Crippen LogP) is 4.23. The van der Waals surface area contributed by atoms with Crippen LogP contribution in [0.4, 0.5) is 0 Å². The lowest BCUT2D eigenvalue weighted by molar-refractivity contribution is 0.289. The summed E-state index contributed by atoms with van der Waals surface area (Å²) in [5.74, 6) is 0.853. The standard InChI is InChI=1S/C14H31N/c1-12(11-13(2,3)4)9-8-10-15-14(5,6)7/h12,15H,8-11H2,1-7H3. The number of hydrogen-bond acceptors (Lipinski definition) is 1. The second-order valence-electron chi connectivity index (χ2n) is 7.19. The molecule has 0 aromatic heterocycles. The molecule has 1 atom stereocenters. The maximum atomic E-state index is 3.54. The molecule has 15 heavy (non-hydrogen) atoms. The summed E-state index contributed by atoms with van der Waals surface area (Å²) in [5.41, 5.74) is 0.754. The molecule has 0 aromatic rings. The summed E-state index contributed by atoms with van der Waals surface area (Å²) in [5, 5.41) is 3.54. The van der Waals surface area contributed by atoms with Crippen LogP contribution in [0.5, 0.6) is 0 Å². The first-order valence-electron chi connectivity index (χ1n) is 6.35.